The van der Waals surface area contributed by atoms with Gasteiger partial charge in [-0.25, -0.2) is 4.39 Å². The number of benzene rings is 1. The quantitative estimate of drug-likeness (QED) is 0.238. The van der Waals surface area contributed by atoms with Crippen LogP contribution in [0.1, 0.15) is 17.5 Å². The number of nitrogens with zero attached hydrogens (tertiary/aromatic N) is 1. The second-order valence-electron chi connectivity index (χ2n) is 3.46. The van der Waals surface area contributed by atoms with Crippen LogP contribution in [-0.4, -0.2) is 28.5 Å². The zero-order valence-corrected chi connectivity index (χ0v) is 10.1. The van der Waals surface area contributed by atoms with Crippen molar-refractivity contribution in [1.82, 2.24) is 0 Å². The summed E-state index contributed by atoms with van der Waals surface area (Å²) in [6.45, 7) is 0.158. The molecule has 0 bridgehead atoms. The molecule has 1 rings (SSSR count). The predicted octanol–water partition coefficient (Wildman–Crippen LogP) is 1.54. The van der Waals surface area contributed by atoms with Gasteiger partial charge in [0.05, 0.1) is 0 Å². The number of nitrogens with two attached hydrogens (primary N) is 1. The number of aliphatic hydroxyl groups is 1. The van der Waals surface area contributed by atoms with E-state index in [1.54, 1.807) is 17.8 Å². The van der Waals surface area contributed by atoms with Gasteiger partial charge in [0.25, 0.3) is 0 Å². The minimum Gasteiger partial charge on any atom is -0.409 e. The first-order chi connectivity index (χ1) is 8.17. The van der Waals surface area contributed by atoms with Crippen LogP contribution in [0.5, 0.6) is 0 Å². The minimum atomic E-state index is -0.410. The van der Waals surface area contributed by atoms with Gasteiger partial charge in [0.2, 0.25) is 0 Å². The number of oxime groups is 1. The molecule has 0 amide bonds. The molecule has 0 unspecified atom stereocenters. The monoisotopic (exact) mass is 258 g/mol. The molecule has 0 atom stereocenters. The van der Waals surface area contributed by atoms with E-state index in [9.17, 15) is 4.39 Å². The Balaban J connectivity index is 2.69. The van der Waals surface area contributed by atoms with E-state index in [1.807, 2.05) is 0 Å². The van der Waals surface area contributed by atoms with Gasteiger partial charge in [-0.3, -0.25) is 0 Å². The summed E-state index contributed by atoms with van der Waals surface area (Å²) in [5.41, 5.74) is 6.54. The van der Waals surface area contributed by atoms with Crippen LogP contribution >= 0.6 is 11.8 Å². The van der Waals surface area contributed by atoms with Crippen molar-refractivity contribution in [3.63, 3.8) is 0 Å². The Hall–Kier alpha value is -1.27. The molecule has 1 aromatic rings. The Bertz CT molecular complexity index is 399. The van der Waals surface area contributed by atoms with Crippen molar-refractivity contribution in [2.75, 3.05) is 12.4 Å². The molecule has 1 aromatic carbocycles. The largest absolute Gasteiger partial charge is 0.409 e. The molecule has 94 valence electrons. The van der Waals surface area contributed by atoms with E-state index in [2.05, 4.69) is 5.16 Å². The molecule has 6 heteroatoms. The fourth-order valence-corrected chi connectivity index (χ4v) is 2.18. The first kappa shape index (κ1) is 13.8. The van der Waals surface area contributed by atoms with Crippen LogP contribution in [-0.2, 0) is 5.75 Å². The van der Waals surface area contributed by atoms with Crippen molar-refractivity contribution < 1.29 is 14.7 Å². The molecule has 0 fully saturated rings. The van der Waals surface area contributed by atoms with Crippen molar-refractivity contribution in [1.29, 1.82) is 0 Å². The number of hydrogen-bond acceptors (Lipinski definition) is 4. The molecule has 0 radical (unpaired) electrons. The van der Waals surface area contributed by atoms with Gasteiger partial charge in [-0.05, 0) is 35.9 Å². The van der Waals surface area contributed by atoms with Gasteiger partial charge in [0, 0.05) is 17.9 Å². The van der Waals surface area contributed by atoms with Crippen LogP contribution in [0.2, 0.25) is 0 Å². The summed E-state index contributed by atoms with van der Waals surface area (Å²) in [6, 6.07) is 4.32. The van der Waals surface area contributed by atoms with Crippen LogP contribution < -0.4 is 5.73 Å². The van der Waals surface area contributed by atoms with E-state index < -0.39 is 5.82 Å². The third kappa shape index (κ3) is 4.62. The van der Waals surface area contributed by atoms with Gasteiger partial charge in [-0.15, -0.1) is 0 Å². The summed E-state index contributed by atoms with van der Waals surface area (Å²) in [7, 11) is 0. The normalized spacial score (nSPS) is 11.8. The van der Waals surface area contributed by atoms with Gasteiger partial charge in [-0.2, -0.15) is 11.8 Å². The van der Waals surface area contributed by atoms with Gasteiger partial charge in [-0.1, -0.05) is 5.16 Å². The van der Waals surface area contributed by atoms with Crippen LogP contribution in [0.4, 0.5) is 4.39 Å². The van der Waals surface area contributed by atoms with E-state index in [-0.39, 0.29) is 12.4 Å². The summed E-state index contributed by atoms with van der Waals surface area (Å²) in [6.07, 6.45) is 0.715. The molecule has 0 aromatic heterocycles. The summed E-state index contributed by atoms with van der Waals surface area (Å²) < 4.78 is 13.3. The molecule has 0 aliphatic carbocycles. The lowest BCUT2D eigenvalue weighted by Crippen LogP contribution is -2.13. The Kier molecular flexibility index (Phi) is 5.79. The highest BCUT2D eigenvalue weighted by molar-refractivity contribution is 7.98. The average molecular weight is 258 g/mol. The summed E-state index contributed by atoms with van der Waals surface area (Å²) in [5, 5.41) is 20.0. The van der Waals surface area contributed by atoms with E-state index >= 15 is 0 Å². The molecule has 0 aliphatic rings. The van der Waals surface area contributed by atoms with E-state index in [1.165, 1.54) is 12.1 Å². The Morgan fingerprint density at radius 1 is 1.41 bits per heavy atom. The van der Waals surface area contributed by atoms with Gasteiger partial charge in [0.1, 0.15) is 5.82 Å². The molecular weight excluding hydrogens is 243 g/mol. The van der Waals surface area contributed by atoms with Crippen molar-refractivity contribution in [3.8, 4) is 0 Å². The van der Waals surface area contributed by atoms with Crippen LogP contribution in [0.25, 0.3) is 0 Å². The van der Waals surface area contributed by atoms with E-state index in [0.717, 1.165) is 11.3 Å². The maximum Gasteiger partial charge on any atom is 0.170 e. The summed E-state index contributed by atoms with van der Waals surface area (Å²) in [5.74, 6) is 0.924. The third-order valence-electron chi connectivity index (χ3n) is 2.08. The van der Waals surface area contributed by atoms with E-state index in [4.69, 9.17) is 16.0 Å². The molecule has 17 heavy (non-hydrogen) atoms. The summed E-state index contributed by atoms with van der Waals surface area (Å²) >= 11 is 1.60. The number of hydrogen-bond donors (Lipinski definition) is 3. The maximum atomic E-state index is 13.3. The fraction of sp³-hybridized carbons (Fsp3) is 0.364. The van der Waals surface area contributed by atoms with Crippen LogP contribution in [0, 0.1) is 5.82 Å². The smallest absolute Gasteiger partial charge is 0.170 e. The number of halogens is 1. The van der Waals surface area contributed by atoms with Crippen molar-refractivity contribution >= 4 is 17.6 Å². The maximum absolute atomic E-state index is 13.3. The number of rotatable bonds is 6. The van der Waals surface area contributed by atoms with Crippen LogP contribution in [0.3, 0.4) is 0 Å². The molecule has 0 heterocycles. The highest BCUT2D eigenvalue weighted by Gasteiger charge is 2.05. The third-order valence-corrected chi connectivity index (χ3v) is 3.19. The minimum absolute atomic E-state index is 0.105. The van der Waals surface area contributed by atoms with Crippen molar-refractivity contribution in [2.24, 2.45) is 10.9 Å². The number of amidine groups is 1. The molecule has 0 saturated heterocycles. The Morgan fingerprint density at radius 3 is 2.82 bits per heavy atom. The molecule has 4 nitrogen and oxygen atoms in total. The lowest BCUT2D eigenvalue weighted by molar-refractivity contribution is 0.296. The first-order valence-electron chi connectivity index (χ1n) is 5.13. The molecule has 4 N–H and O–H groups in total. The Labute approximate surface area is 103 Å². The van der Waals surface area contributed by atoms with Gasteiger partial charge >= 0.3 is 0 Å². The first-order valence-corrected chi connectivity index (χ1v) is 6.29. The Morgan fingerprint density at radius 2 is 2.18 bits per heavy atom. The second kappa shape index (κ2) is 7.13. The standard InChI is InChI=1S/C11H15FN2O2S/c12-10-5-8(7-17-3-1-2-15)4-9(6-10)11(13)14-16/h4-6,15-16H,1-3,7H2,(H2,13,14). The van der Waals surface area contributed by atoms with Crippen LogP contribution in [0.15, 0.2) is 23.4 Å². The fourth-order valence-electron chi connectivity index (χ4n) is 1.30. The predicted molar refractivity (Wildman–Crippen MR) is 66.8 cm³/mol. The summed E-state index contributed by atoms with van der Waals surface area (Å²) in [4.78, 5) is 0. The van der Waals surface area contributed by atoms with Gasteiger partial charge < -0.3 is 16.0 Å². The molecular formula is C11H15FN2O2S. The molecule has 0 saturated carbocycles. The highest BCUT2D eigenvalue weighted by atomic mass is 32.2. The lowest BCUT2D eigenvalue weighted by atomic mass is 10.1. The topological polar surface area (TPSA) is 78.8 Å². The average Bonchev–Trinajstić information content (AvgIpc) is 2.33. The zero-order valence-electron chi connectivity index (χ0n) is 9.27. The van der Waals surface area contributed by atoms with E-state index in [0.29, 0.717) is 17.7 Å². The zero-order chi connectivity index (χ0) is 12.7. The SMILES string of the molecule is N/C(=N/O)c1cc(F)cc(CSCCCO)c1. The van der Waals surface area contributed by atoms with Crippen molar-refractivity contribution in [2.45, 2.75) is 12.2 Å². The second-order valence-corrected chi connectivity index (χ2v) is 4.57. The van der Waals surface area contributed by atoms with Crippen molar-refractivity contribution in [3.05, 3.63) is 35.1 Å². The number of thioether (sulfide) groups is 1. The van der Waals surface area contributed by atoms with Gasteiger partial charge in [0.15, 0.2) is 5.84 Å². The lowest BCUT2D eigenvalue weighted by Gasteiger charge is -2.05. The highest BCUT2D eigenvalue weighted by Crippen LogP contribution is 2.16. The molecule has 0 aliphatic heterocycles. The molecule has 0 spiro atoms. The number of aliphatic hydroxyl groups excluding tert-OH is 1.